The lowest BCUT2D eigenvalue weighted by atomic mass is 10.2. The molecule has 0 saturated carbocycles. The molecule has 0 aliphatic rings. The topological polar surface area (TPSA) is 46.5 Å². The van der Waals surface area contributed by atoms with Crippen LogP contribution in [-0.2, 0) is 0 Å². The summed E-state index contributed by atoms with van der Waals surface area (Å²) in [4.78, 5) is 11.4. The molecule has 74 valence electrons. The van der Waals surface area contributed by atoms with Crippen molar-refractivity contribution < 1.29 is 0 Å². The normalized spacial score (nSPS) is 11.1. The Hall–Kier alpha value is -1.29. The molecule has 0 unspecified atom stereocenters. The van der Waals surface area contributed by atoms with Gasteiger partial charge >= 0.3 is 0 Å². The predicted molar refractivity (Wildman–Crippen MR) is 54.8 cm³/mol. The molecular weight excluding hydrogens is 200 g/mol. The highest BCUT2D eigenvalue weighted by atomic mass is 35.5. The molecule has 0 amide bonds. The number of H-pyrrole nitrogens is 1. The minimum Gasteiger partial charge on any atom is -0.328 e. The fraction of sp³-hybridized carbons (Fsp3) is 0.333. The summed E-state index contributed by atoms with van der Waals surface area (Å²) in [6, 6.07) is 0. The molecule has 2 aromatic rings. The molecule has 5 heteroatoms. The van der Waals surface area contributed by atoms with Crippen molar-refractivity contribution >= 4 is 11.6 Å². The van der Waals surface area contributed by atoms with Crippen LogP contribution in [0.25, 0.3) is 5.82 Å². The quantitative estimate of drug-likeness (QED) is 0.827. The second-order valence-electron chi connectivity index (χ2n) is 3.37. The number of nitrogens with one attached hydrogen (secondary N) is 1. The van der Waals surface area contributed by atoms with Crippen molar-refractivity contribution in [2.24, 2.45) is 0 Å². The third-order valence-electron chi connectivity index (χ3n) is 1.98. The largest absolute Gasteiger partial charge is 0.328 e. The Labute approximate surface area is 87.0 Å². The van der Waals surface area contributed by atoms with Gasteiger partial charge < -0.3 is 4.98 Å². The first-order valence-corrected chi connectivity index (χ1v) is 4.80. The Morgan fingerprint density at radius 2 is 2.21 bits per heavy atom. The lowest BCUT2D eigenvalue weighted by Gasteiger charge is -2.00. The third-order valence-corrected chi connectivity index (χ3v) is 2.26. The molecule has 2 heterocycles. The van der Waals surface area contributed by atoms with Gasteiger partial charge in [-0.25, -0.2) is 9.97 Å². The fourth-order valence-corrected chi connectivity index (χ4v) is 1.41. The van der Waals surface area contributed by atoms with E-state index >= 15 is 0 Å². The second kappa shape index (κ2) is 3.46. The summed E-state index contributed by atoms with van der Waals surface area (Å²) in [5, 5.41) is 0.434. The second-order valence-corrected chi connectivity index (χ2v) is 3.71. The molecule has 0 spiro atoms. The van der Waals surface area contributed by atoms with E-state index in [1.807, 2.05) is 0 Å². The van der Waals surface area contributed by atoms with Gasteiger partial charge in [0.15, 0.2) is 0 Å². The molecule has 2 rings (SSSR count). The Kier molecular flexibility index (Phi) is 2.29. The van der Waals surface area contributed by atoms with Crippen molar-refractivity contribution in [2.75, 3.05) is 0 Å². The molecule has 4 nitrogen and oxygen atoms in total. The van der Waals surface area contributed by atoms with Crippen LogP contribution >= 0.6 is 11.6 Å². The molecule has 0 aromatic carbocycles. The van der Waals surface area contributed by atoms with E-state index in [-0.39, 0.29) is 0 Å². The van der Waals surface area contributed by atoms with Gasteiger partial charge in [0, 0.05) is 18.3 Å². The number of hydrogen-bond acceptors (Lipinski definition) is 2. The summed E-state index contributed by atoms with van der Waals surface area (Å²) in [6.45, 7) is 4.16. The maximum absolute atomic E-state index is 5.87. The minimum atomic E-state index is 0.381. The fourth-order valence-electron chi connectivity index (χ4n) is 1.21. The number of halogens is 1. The molecule has 0 atom stereocenters. The van der Waals surface area contributed by atoms with Gasteiger partial charge in [0.1, 0.15) is 11.6 Å². The maximum Gasteiger partial charge on any atom is 0.208 e. The molecule has 2 aromatic heterocycles. The predicted octanol–water partition coefficient (Wildman–Crippen LogP) is 2.37. The van der Waals surface area contributed by atoms with E-state index in [1.54, 1.807) is 23.2 Å². The minimum absolute atomic E-state index is 0.381. The monoisotopic (exact) mass is 210 g/mol. The molecule has 0 fully saturated rings. The van der Waals surface area contributed by atoms with E-state index < -0.39 is 0 Å². The van der Waals surface area contributed by atoms with E-state index in [2.05, 4.69) is 28.8 Å². The summed E-state index contributed by atoms with van der Waals surface area (Å²) in [5.41, 5.74) is 0. The van der Waals surface area contributed by atoms with Gasteiger partial charge in [0.05, 0.1) is 6.20 Å². The van der Waals surface area contributed by atoms with Crippen molar-refractivity contribution in [1.82, 2.24) is 19.5 Å². The van der Waals surface area contributed by atoms with Gasteiger partial charge in [-0.1, -0.05) is 13.8 Å². The number of imidazole rings is 2. The van der Waals surface area contributed by atoms with Crippen LogP contribution in [0.4, 0.5) is 0 Å². The molecule has 0 radical (unpaired) electrons. The Balaban J connectivity index is 2.39. The summed E-state index contributed by atoms with van der Waals surface area (Å²) in [6.07, 6.45) is 5.20. The summed E-state index contributed by atoms with van der Waals surface area (Å²) < 4.78 is 1.75. The van der Waals surface area contributed by atoms with Crippen LogP contribution < -0.4 is 0 Å². The van der Waals surface area contributed by atoms with Crippen LogP contribution in [0.1, 0.15) is 25.6 Å². The first kappa shape index (κ1) is 9.27. The Morgan fingerprint density at radius 1 is 1.43 bits per heavy atom. The van der Waals surface area contributed by atoms with Crippen LogP contribution in [0.3, 0.4) is 0 Å². The molecular formula is C9H11ClN4. The van der Waals surface area contributed by atoms with Crippen molar-refractivity contribution in [1.29, 1.82) is 0 Å². The lowest BCUT2D eigenvalue weighted by molar-refractivity contribution is 0.790. The average molecular weight is 211 g/mol. The van der Waals surface area contributed by atoms with Crippen LogP contribution in [0, 0.1) is 0 Å². The van der Waals surface area contributed by atoms with E-state index in [0.29, 0.717) is 11.2 Å². The highest BCUT2D eigenvalue weighted by Crippen LogP contribution is 2.15. The van der Waals surface area contributed by atoms with E-state index in [9.17, 15) is 0 Å². The molecule has 0 aliphatic carbocycles. The van der Waals surface area contributed by atoms with Gasteiger partial charge in [-0.3, -0.25) is 4.57 Å². The summed E-state index contributed by atoms with van der Waals surface area (Å²) in [5.74, 6) is 2.17. The number of hydrogen-bond donors (Lipinski definition) is 1. The number of aromatic amines is 1. The summed E-state index contributed by atoms with van der Waals surface area (Å²) in [7, 11) is 0. The molecule has 0 saturated heterocycles. The standard InChI is InChI=1S/C9H11ClN4/c1-6(2)8-12-5-7(13-8)14-4-3-11-9(14)10/h3-6H,1-2H3,(H,12,13). The molecule has 0 bridgehead atoms. The molecule has 14 heavy (non-hydrogen) atoms. The van der Waals surface area contributed by atoms with Crippen molar-refractivity contribution in [3.05, 3.63) is 29.7 Å². The summed E-state index contributed by atoms with van der Waals surface area (Å²) >= 11 is 5.87. The van der Waals surface area contributed by atoms with Gasteiger partial charge in [-0.15, -0.1) is 0 Å². The van der Waals surface area contributed by atoms with Crippen molar-refractivity contribution in [3.63, 3.8) is 0 Å². The van der Waals surface area contributed by atoms with Gasteiger partial charge in [0.25, 0.3) is 0 Å². The van der Waals surface area contributed by atoms with Gasteiger partial charge in [-0.05, 0) is 11.6 Å². The first-order valence-electron chi connectivity index (χ1n) is 4.42. The molecule has 0 aliphatic heterocycles. The zero-order valence-corrected chi connectivity index (χ0v) is 8.78. The number of aromatic nitrogens is 4. The van der Waals surface area contributed by atoms with E-state index in [1.165, 1.54) is 0 Å². The SMILES string of the molecule is CC(C)c1ncc(-n2ccnc2Cl)[nH]1. The third kappa shape index (κ3) is 1.53. The zero-order chi connectivity index (χ0) is 10.1. The highest BCUT2D eigenvalue weighted by Gasteiger charge is 2.07. The molecule has 1 N–H and O–H groups in total. The Morgan fingerprint density at radius 3 is 2.71 bits per heavy atom. The van der Waals surface area contributed by atoms with Gasteiger partial charge in [-0.2, -0.15) is 0 Å². The maximum atomic E-state index is 5.87. The highest BCUT2D eigenvalue weighted by molar-refractivity contribution is 6.28. The van der Waals surface area contributed by atoms with E-state index in [0.717, 1.165) is 11.6 Å². The van der Waals surface area contributed by atoms with Crippen molar-refractivity contribution in [3.8, 4) is 5.82 Å². The van der Waals surface area contributed by atoms with Crippen LogP contribution in [0.5, 0.6) is 0 Å². The average Bonchev–Trinajstić information content (AvgIpc) is 2.71. The zero-order valence-electron chi connectivity index (χ0n) is 8.03. The van der Waals surface area contributed by atoms with E-state index in [4.69, 9.17) is 11.6 Å². The van der Waals surface area contributed by atoms with Crippen molar-refractivity contribution in [2.45, 2.75) is 19.8 Å². The Bertz CT molecular complexity index is 429. The number of rotatable bonds is 2. The van der Waals surface area contributed by atoms with Crippen LogP contribution in [-0.4, -0.2) is 19.5 Å². The first-order chi connectivity index (χ1) is 6.68. The van der Waals surface area contributed by atoms with Gasteiger partial charge in [0.2, 0.25) is 5.28 Å². The smallest absolute Gasteiger partial charge is 0.208 e. The van der Waals surface area contributed by atoms with Crippen LogP contribution in [0.2, 0.25) is 5.28 Å². The van der Waals surface area contributed by atoms with Crippen LogP contribution in [0.15, 0.2) is 18.6 Å². The lowest BCUT2D eigenvalue weighted by Crippen LogP contribution is -1.94. The number of nitrogens with zero attached hydrogens (tertiary/aromatic N) is 3.